The van der Waals surface area contributed by atoms with Crippen LogP contribution in [-0.4, -0.2) is 26.9 Å². The van der Waals surface area contributed by atoms with E-state index in [2.05, 4.69) is 20.8 Å². The third-order valence-corrected chi connectivity index (χ3v) is 3.88. The van der Waals surface area contributed by atoms with Crippen LogP contribution in [0, 0.1) is 0 Å². The zero-order chi connectivity index (χ0) is 18.5. The molecule has 0 fully saturated rings. The van der Waals surface area contributed by atoms with Crippen LogP contribution in [0.3, 0.4) is 0 Å². The number of carboxylic acids is 1. The first-order valence-corrected chi connectivity index (χ1v) is 8.24. The number of para-hydroxylation sites is 1. The molecule has 3 rings (SSSR count). The van der Waals surface area contributed by atoms with Gasteiger partial charge in [0.1, 0.15) is 0 Å². The topological polar surface area (TPSA) is 86.6 Å². The Hall–Kier alpha value is -3.32. The molecule has 130 valence electrons. The summed E-state index contributed by atoms with van der Waals surface area (Å²) in [6, 6.07) is 18.1. The highest BCUT2D eigenvalue weighted by atomic mass is 32.1. The Kier molecular flexibility index (Phi) is 5.19. The van der Waals surface area contributed by atoms with Crippen LogP contribution in [0.15, 0.2) is 65.8 Å². The number of nitrogens with one attached hydrogen (secondary N) is 2. The maximum atomic E-state index is 10.8. The van der Waals surface area contributed by atoms with E-state index in [4.69, 9.17) is 17.3 Å². The van der Waals surface area contributed by atoms with Gasteiger partial charge in [-0.05, 0) is 55.5 Å². The Balaban J connectivity index is 1.65. The number of thiocarbonyl (C=S) groups is 1. The number of hydrogen-bond acceptors (Lipinski definition) is 4. The molecule has 0 radical (unpaired) electrons. The normalized spacial score (nSPS) is 11.2. The van der Waals surface area contributed by atoms with Gasteiger partial charge < -0.3 is 10.4 Å². The number of nitrogens with zero attached hydrogens (tertiary/aromatic N) is 2. The molecule has 0 saturated carbocycles. The zero-order valence-corrected chi connectivity index (χ0v) is 14.7. The first kappa shape index (κ1) is 17.5. The average molecular weight is 364 g/mol. The molecule has 0 spiro atoms. The lowest BCUT2D eigenvalue weighted by atomic mass is 10.2. The number of carboxylic acid groups (broad SMARTS) is 1. The number of hydrazone groups is 1. The van der Waals surface area contributed by atoms with Crippen LogP contribution in [0.1, 0.15) is 23.0 Å². The third kappa shape index (κ3) is 4.20. The summed E-state index contributed by atoms with van der Waals surface area (Å²) in [4.78, 5) is 15.4. The molecule has 7 heteroatoms. The molecule has 2 aromatic carbocycles. The summed E-state index contributed by atoms with van der Waals surface area (Å²) in [6.45, 7) is 1.84. The smallest absolute Gasteiger partial charge is 0.335 e. The van der Waals surface area contributed by atoms with Crippen LogP contribution in [-0.2, 0) is 0 Å². The number of fused-ring (bicyclic) bond motifs is 1. The molecular weight excluding hydrogens is 348 g/mol. The van der Waals surface area contributed by atoms with E-state index >= 15 is 0 Å². The Morgan fingerprint density at radius 2 is 1.81 bits per heavy atom. The maximum absolute atomic E-state index is 10.8. The Labute approximate surface area is 155 Å². The van der Waals surface area contributed by atoms with Gasteiger partial charge in [0.05, 0.1) is 22.5 Å². The quantitative estimate of drug-likeness (QED) is 0.372. The van der Waals surface area contributed by atoms with Crippen molar-refractivity contribution in [2.24, 2.45) is 5.10 Å². The summed E-state index contributed by atoms with van der Waals surface area (Å²) in [5.74, 6) is -0.972. The summed E-state index contributed by atoms with van der Waals surface area (Å²) in [6.07, 6.45) is 0. The van der Waals surface area contributed by atoms with Crippen molar-refractivity contribution in [2.75, 3.05) is 5.32 Å². The number of benzene rings is 2. The molecule has 0 aliphatic heterocycles. The van der Waals surface area contributed by atoms with Crippen molar-refractivity contribution < 1.29 is 9.90 Å². The minimum absolute atomic E-state index is 0.214. The summed E-state index contributed by atoms with van der Waals surface area (Å²) >= 11 is 5.20. The molecule has 1 heterocycles. The standard InChI is InChI=1S/C19H16N4O2S/c1-12(16-11-8-13-4-2-3-5-17(13)21-16)22-23-19(26)20-15-9-6-14(7-10-15)18(24)25/h2-11H,1H3,(H,24,25)(H2,20,23,26). The van der Waals surface area contributed by atoms with E-state index in [0.29, 0.717) is 16.5 Å². The van der Waals surface area contributed by atoms with E-state index < -0.39 is 5.97 Å². The van der Waals surface area contributed by atoms with Gasteiger partial charge in [-0.3, -0.25) is 5.43 Å². The molecule has 1 aromatic heterocycles. The Bertz CT molecular complexity index is 1000. The number of anilines is 1. The second-order valence-electron chi connectivity index (χ2n) is 5.53. The van der Waals surface area contributed by atoms with E-state index in [1.54, 1.807) is 12.1 Å². The second-order valence-corrected chi connectivity index (χ2v) is 5.94. The maximum Gasteiger partial charge on any atom is 0.335 e. The number of hydrogen-bond donors (Lipinski definition) is 3. The number of pyridine rings is 1. The predicted octanol–water partition coefficient (Wildman–Crippen LogP) is 3.64. The van der Waals surface area contributed by atoms with Crippen molar-refractivity contribution >= 4 is 45.6 Å². The molecular formula is C19H16N4O2S. The largest absolute Gasteiger partial charge is 0.478 e. The van der Waals surface area contributed by atoms with Crippen LogP contribution in [0.5, 0.6) is 0 Å². The molecule has 0 aliphatic rings. The molecule has 3 N–H and O–H groups in total. The number of aromatic carboxylic acids is 1. The van der Waals surface area contributed by atoms with Crippen molar-refractivity contribution in [1.82, 2.24) is 10.4 Å². The zero-order valence-electron chi connectivity index (χ0n) is 13.9. The molecule has 3 aromatic rings. The monoisotopic (exact) mass is 364 g/mol. The summed E-state index contributed by atoms with van der Waals surface area (Å²) in [5, 5.41) is 17.5. The number of carbonyl (C=O) groups is 1. The van der Waals surface area contributed by atoms with Crippen molar-refractivity contribution in [2.45, 2.75) is 6.92 Å². The number of aromatic nitrogens is 1. The van der Waals surface area contributed by atoms with E-state index in [9.17, 15) is 4.79 Å². The van der Waals surface area contributed by atoms with E-state index in [1.165, 1.54) is 12.1 Å². The Morgan fingerprint density at radius 1 is 1.08 bits per heavy atom. The van der Waals surface area contributed by atoms with E-state index in [0.717, 1.165) is 16.6 Å². The molecule has 0 unspecified atom stereocenters. The first-order chi connectivity index (χ1) is 12.5. The van der Waals surface area contributed by atoms with Crippen LogP contribution < -0.4 is 10.7 Å². The van der Waals surface area contributed by atoms with E-state index in [1.807, 2.05) is 43.3 Å². The first-order valence-electron chi connectivity index (χ1n) is 7.84. The van der Waals surface area contributed by atoms with Gasteiger partial charge in [0, 0.05) is 11.1 Å². The lowest BCUT2D eigenvalue weighted by molar-refractivity contribution is 0.0697. The highest BCUT2D eigenvalue weighted by Gasteiger charge is 2.04. The molecule has 0 atom stereocenters. The van der Waals surface area contributed by atoms with Crippen molar-refractivity contribution in [3.63, 3.8) is 0 Å². The SMILES string of the molecule is CC(=NNC(=S)Nc1ccc(C(=O)O)cc1)c1ccc2ccccc2n1. The lowest BCUT2D eigenvalue weighted by Crippen LogP contribution is -2.25. The van der Waals surface area contributed by atoms with Gasteiger partial charge in [-0.2, -0.15) is 5.10 Å². The lowest BCUT2D eigenvalue weighted by Gasteiger charge is -2.08. The third-order valence-electron chi connectivity index (χ3n) is 3.68. The van der Waals surface area contributed by atoms with E-state index in [-0.39, 0.29) is 5.56 Å². The molecule has 26 heavy (non-hydrogen) atoms. The number of rotatable bonds is 4. The van der Waals surface area contributed by atoms with Gasteiger partial charge in [-0.1, -0.05) is 24.3 Å². The van der Waals surface area contributed by atoms with Crippen molar-refractivity contribution in [3.05, 3.63) is 71.9 Å². The molecule has 6 nitrogen and oxygen atoms in total. The summed E-state index contributed by atoms with van der Waals surface area (Å²) < 4.78 is 0. The van der Waals surface area contributed by atoms with Gasteiger partial charge >= 0.3 is 5.97 Å². The van der Waals surface area contributed by atoms with Gasteiger partial charge in [0.15, 0.2) is 5.11 Å². The van der Waals surface area contributed by atoms with Gasteiger partial charge in [0.2, 0.25) is 0 Å². The molecule has 0 saturated heterocycles. The van der Waals surface area contributed by atoms with Crippen molar-refractivity contribution in [3.8, 4) is 0 Å². The molecule has 0 bridgehead atoms. The fourth-order valence-electron chi connectivity index (χ4n) is 2.31. The van der Waals surface area contributed by atoms with Crippen LogP contribution >= 0.6 is 12.2 Å². The van der Waals surface area contributed by atoms with Crippen LogP contribution in [0.4, 0.5) is 5.69 Å². The van der Waals surface area contributed by atoms with Gasteiger partial charge in [0.25, 0.3) is 0 Å². The molecule has 0 amide bonds. The second kappa shape index (κ2) is 7.71. The summed E-state index contributed by atoms with van der Waals surface area (Å²) in [5.41, 5.74) is 6.00. The van der Waals surface area contributed by atoms with Crippen LogP contribution in [0.2, 0.25) is 0 Å². The average Bonchev–Trinajstić information content (AvgIpc) is 2.66. The van der Waals surface area contributed by atoms with Crippen LogP contribution in [0.25, 0.3) is 10.9 Å². The fourth-order valence-corrected chi connectivity index (χ4v) is 2.48. The highest BCUT2D eigenvalue weighted by molar-refractivity contribution is 7.80. The predicted molar refractivity (Wildman–Crippen MR) is 107 cm³/mol. The highest BCUT2D eigenvalue weighted by Crippen LogP contribution is 2.12. The summed E-state index contributed by atoms with van der Waals surface area (Å²) in [7, 11) is 0. The van der Waals surface area contributed by atoms with Gasteiger partial charge in [-0.15, -0.1) is 0 Å². The minimum Gasteiger partial charge on any atom is -0.478 e. The Morgan fingerprint density at radius 3 is 2.54 bits per heavy atom. The van der Waals surface area contributed by atoms with Gasteiger partial charge in [-0.25, -0.2) is 9.78 Å². The minimum atomic E-state index is -0.972. The van der Waals surface area contributed by atoms with Crippen molar-refractivity contribution in [1.29, 1.82) is 0 Å². The molecule has 0 aliphatic carbocycles. The fraction of sp³-hybridized carbons (Fsp3) is 0.0526.